The molecule has 4 nitrogen and oxygen atoms in total. The lowest BCUT2D eigenvalue weighted by molar-refractivity contribution is 0.135. The predicted octanol–water partition coefficient (Wildman–Crippen LogP) is 3.31. The fourth-order valence-electron chi connectivity index (χ4n) is 2.62. The molecular formula is C17H20N2O2. The Bertz CT molecular complexity index is 653. The van der Waals surface area contributed by atoms with Crippen LogP contribution in [-0.2, 0) is 13.0 Å². The van der Waals surface area contributed by atoms with E-state index >= 15 is 0 Å². The average molecular weight is 284 g/mol. The van der Waals surface area contributed by atoms with Crippen LogP contribution in [0.15, 0.2) is 36.7 Å². The van der Waals surface area contributed by atoms with Crippen LogP contribution in [0.25, 0.3) is 0 Å². The average Bonchev–Trinajstić information content (AvgIpc) is 2.75. The minimum Gasteiger partial charge on any atom is -0.483 e. The predicted molar refractivity (Wildman–Crippen MR) is 81.9 cm³/mol. The van der Waals surface area contributed by atoms with Gasteiger partial charge in [-0.05, 0) is 38.6 Å². The first kappa shape index (κ1) is 13.9. The first-order valence-corrected chi connectivity index (χ1v) is 7.15. The van der Waals surface area contributed by atoms with Crippen LogP contribution < -0.4 is 14.8 Å². The number of ether oxygens (including phenoxy) is 2. The molecule has 0 unspecified atom stereocenters. The summed E-state index contributed by atoms with van der Waals surface area (Å²) in [7, 11) is 1.91. The summed E-state index contributed by atoms with van der Waals surface area (Å²) in [4.78, 5) is 4.22. The third-order valence-electron chi connectivity index (χ3n) is 3.43. The van der Waals surface area contributed by atoms with E-state index in [1.54, 1.807) is 6.20 Å². The van der Waals surface area contributed by atoms with Crippen LogP contribution in [0.2, 0.25) is 0 Å². The molecule has 1 aliphatic heterocycles. The lowest BCUT2D eigenvalue weighted by atomic mass is 10.0. The molecule has 1 aromatic carbocycles. The highest BCUT2D eigenvalue weighted by molar-refractivity contribution is 5.51. The molecule has 0 bridgehead atoms. The fourth-order valence-corrected chi connectivity index (χ4v) is 2.62. The normalized spacial score (nSPS) is 15.4. The van der Waals surface area contributed by atoms with E-state index in [4.69, 9.17) is 9.47 Å². The molecule has 3 rings (SSSR count). The van der Waals surface area contributed by atoms with Gasteiger partial charge < -0.3 is 14.8 Å². The lowest BCUT2D eigenvalue weighted by Gasteiger charge is -2.18. The molecule has 2 heterocycles. The van der Waals surface area contributed by atoms with E-state index in [2.05, 4.69) is 30.2 Å². The number of pyridine rings is 1. The maximum Gasteiger partial charge on any atom is 0.169 e. The largest absolute Gasteiger partial charge is 0.483 e. The lowest BCUT2D eigenvalue weighted by Crippen LogP contribution is -2.24. The number of hydrogen-bond acceptors (Lipinski definition) is 4. The molecule has 0 radical (unpaired) electrons. The zero-order valence-electron chi connectivity index (χ0n) is 12.6. The van der Waals surface area contributed by atoms with Crippen molar-refractivity contribution in [1.82, 2.24) is 10.3 Å². The molecule has 0 fully saturated rings. The summed E-state index contributed by atoms with van der Waals surface area (Å²) in [5, 5.41) is 3.11. The van der Waals surface area contributed by atoms with Gasteiger partial charge in [0.05, 0.1) is 6.20 Å². The smallest absolute Gasteiger partial charge is 0.169 e. The van der Waals surface area contributed by atoms with Crippen molar-refractivity contribution in [3.8, 4) is 17.2 Å². The van der Waals surface area contributed by atoms with Gasteiger partial charge in [0.15, 0.2) is 11.5 Å². The van der Waals surface area contributed by atoms with Crippen molar-refractivity contribution in [2.45, 2.75) is 32.4 Å². The van der Waals surface area contributed by atoms with Crippen LogP contribution in [0.4, 0.5) is 0 Å². The molecule has 0 saturated carbocycles. The van der Waals surface area contributed by atoms with Gasteiger partial charge in [0.25, 0.3) is 0 Å². The van der Waals surface area contributed by atoms with Crippen LogP contribution in [0.1, 0.15) is 25.0 Å². The molecule has 1 N–H and O–H groups in total. The summed E-state index contributed by atoms with van der Waals surface area (Å²) < 4.78 is 12.0. The third kappa shape index (κ3) is 3.00. The number of hydrogen-bond donors (Lipinski definition) is 1. The Balaban J connectivity index is 1.87. The first-order chi connectivity index (χ1) is 10.1. The molecule has 0 spiro atoms. The van der Waals surface area contributed by atoms with Gasteiger partial charge in [-0.2, -0.15) is 0 Å². The standard InChI is InChI=1S/C17H20N2O2/c1-17(2)8-13-5-4-6-15(16(13)21-17)20-14-7-12(9-18-3)10-19-11-14/h4-7,10-11,18H,8-9H2,1-3H3. The van der Waals surface area contributed by atoms with E-state index in [1.807, 2.05) is 31.4 Å². The number of rotatable bonds is 4. The molecule has 110 valence electrons. The second-order valence-electron chi connectivity index (χ2n) is 5.94. The minimum atomic E-state index is -0.173. The van der Waals surface area contributed by atoms with E-state index < -0.39 is 0 Å². The molecule has 21 heavy (non-hydrogen) atoms. The van der Waals surface area contributed by atoms with E-state index in [9.17, 15) is 0 Å². The van der Waals surface area contributed by atoms with Gasteiger partial charge in [-0.3, -0.25) is 4.98 Å². The first-order valence-electron chi connectivity index (χ1n) is 7.15. The Morgan fingerprint density at radius 2 is 2.19 bits per heavy atom. The summed E-state index contributed by atoms with van der Waals surface area (Å²) in [5.41, 5.74) is 2.11. The number of nitrogens with zero attached hydrogens (tertiary/aromatic N) is 1. The SMILES string of the molecule is CNCc1cncc(Oc2cccc3c2OC(C)(C)C3)c1. The molecule has 0 saturated heterocycles. The maximum absolute atomic E-state index is 6.02. The van der Waals surface area contributed by atoms with Gasteiger partial charge in [-0.15, -0.1) is 0 Å². The van der Waals surface area contributed by atoms with Crippen molar-refractivity contribution in [2.75, 3.05) is 7.05 Å². The highest BCUT2D eigenvalue weighted by atomic mass is 16.5. The number of fused-ring (bicyclic) bond motifs is 1. The monoisotopic (exact) mass is 284 g/mol. The van der Waals surface area contributed by atoms with Gasteiger partial charge in [-0.1, -0.05) is 12.1 Å². The summed E-state index contributed by atoms with van der Waals surface area (Å²) in [6, 6.07) is 8.02. The number of para-hydroxylation sites is 1. The zero-order chi connectivity index (χ0) is 14.9. The summed E-state index contributed by atoms with van der Waals surface area (Å²) in [6.07, 6.45) is 4.45. The van der Waals surface area contributed by atoms with E-state index in [-0.39, 0.29) is 5.60 Å². The second-order valence-corrected chi connectivity index (χ2v) is 5.94. The molecule has 0 aliphatic carbocycles. The maximum atomic E-state index is 6.02. The molecule has 2 aromatic rings. The van der Waals surface area contributed by atoms with Crippen LogP contribution in [0.3, 0.4) is 0 Å². The van der Waals surface area contributed by atoms with Crippen LogP contribution in [0, 0.1) is 0 Å². The Kier molecular flexibility index (Phi) is 3.55. The van der Waals surface area contributed by atoms with Crippen molar-refractivity contribution in [3.63, 3.8) is 0 Å². The van der Waals surface area contributed by atoms with E-state index in [0.29, 0.717) is 0 Å². The highest BCUT2D eigenvalue weighted by Crippen LogP contribution is 2.43. The van der Waals surface area contributed by atoms with Gasteiger partial charge in [0.1, 0.15) is 11.4 Å². The number of aromatic nitrogens is 1. The van der Waals surface area contributed by atoms with Gasteiger partial charge >= 0.3 is 0 Å². The second kappa shape index (κ2) is 5.37. The summed E-state index contributed by atoms with van der Waals surface area (Å²) >= 11 is 0. The summed E-state index contributed by atoms with van der Waals surface area (Å²) in [5.74, 6) is 2.33. The van der Waals surface area contributed by atoms with Gasteiger partial charge in [-0.25, -0.2) is 0 Å². The van der Waals surface area contributed by atoms with E-state index in [1.165, 1.54) is 5.56 Å². The molecule has 1 aliphatic rings. The molecule has 0 amide bonds. The quantitative estimate of drug-likeness (QED) is 0.935. The molecule has 4 heteroatoms. The molecule has 1 aromatic heterocycles. The zero-order valence-corrected chi connectivity index (χ0v) is 12.6. The van der Waals surface area contributed by atoms with Crippen molar-refractivity contribution in [2.24, 2.45) is 0 Å². The van der Waals surface area contributed by atoms with Gasteiger partial charge in [0, 0.05) is 24.7 Å². The fraction of sp³-hybridized carbons (Fsp3) is 0.353. The van der Waals surface area contributed by atoms with Crippen molar-refractivity contribution in [3.05, 3.63) is 47.8 Å². The number of nitrogens with one attached hydrogen (secondary N) is 1. The Labute approximate surface area is 125 Å². The minimum absolute atomic E-state index is 0.173. The summed E-state index contributed by atoms with van der Waals surface area (Å²) in [6.45, 7) is 4.94. The highest BCUT2D eigenvalue weighted by Gasteiger charge is 2.32. The van der Waals surface area contributed by atoms with Crippen molar-refractivity contribution >= 4 is 0 Å². The van der Waals surface area contributed by atoms with Crippen molar-refractivity contribution in [1.29, 1.82) is 0 Å². The topological polar surface area (TPSA) is 43.4 Å². The Morgan fingerprint density at radius 1 is 1.33 bits per heavy atom. The van der Waals surface area contributed by atoms with Crippen LogP contribution >= 0.6 is 0 Å². The van der Waals surface area contributed by atoms with Crippen LogP contribution in [0.5, 0.6) is 17.2 Å². The van der Waals surface area contributed by atoms with Gasteiger partial charge in [0.2, 0.25) is 0 Å². The Morgan fingerprint density at radius 3 is 3.00 bits per heavy atom. The number of benzene rings is 1. The van der Waals surface area contributed by atoms with Crippen LogP contribution in [-0.4, -0.2) is 17.6 Å². The van der Waals surface area contributed by atoms with Crippen molar-refractivity contribution < 1.29 is 9.47 Å². The molecular weight excluding hydrogens is 264 g/mol. The molecule has 0 atom stereocenters. The van der Waals surface area contributed by atoms with E-state index in [0.717, 1.165) is 35.8 Å². The third-order valence-corrected chi connectivity index (χ3v) is 3.43. The Hall–Kier alpha value is -2.07.